The van der Waals surface area contributed by atoms with Gasteiger partial charge < -0.3 is 9.64 Å². The normalized spacial score (nSPS) is 23.0. The van der Waals surface area contributed by atoms with Crippen LogP contribution < -0.4 is 15.5 Å². The van der Waals surface area contributed by atoms with Crippen molar-refractivity contribution < 1.29 is 4.74 Å². The minimum Gasteiger partial charge on any atom is -0.372 e. The number of anilines is 1. The quantitative estimate of drug-likeness (QED) is 0.835. The van der Waals surface area contributed by atoms with E-state index in [9.17, 15) is 0 Å². The summed E-state index contributed by atoms with van der Waals surface area (Å²) in [6, 6.07) is 8.59. The first-order valence-electron chi connectivity index (χ1n) is 9.46. The number of nitrogens with zero attached hydrogens (tertiary/aromatic N) is 3. The van der Waals surface area contributed by atoms with Gasteiger partial charge in [-0.25, -0.2) is 4.68 Å². The van der Waals surface area contributed by atoms with Crippen LogP contribution in [0.2, 0.25) is 0 Å². The number of hydrogen-bond acceptors (Lipinski definition) is 3. The highest BCUT2D eigenvalue weighted by Crippen LogP contribution is 2.20. The lowest BCUT2D eigenvalue weighted by molar-refractivity contribution is -0.0279. The fourth-order valence-electron chi connectivity index (χ4n) is 3.68. The molecule has 0 atom stereocenters. The van der Waals surface area contributed by atoms with Gasteiger partial charge in [0.2, 0.25) is 0 Å². The Hall–Kier alpha value is -2.33. The summed E-state index contributed by atoms with van der Waals surface area (Å²) in [6.07, 6.45) is 11.0. The van der Waals surface area contributed by atoms with Crippen molar-refractivity contribution in [3.8, 4) is 5.69 Å². The Bertz CT molecular complexity index is 935. The molecule has 4 heteroatoms. The van der Waals surface area contributed by atoms with Crippen LogP contribution in [0.4, 0.5) is 5.82 Å². The molecule has 1 aromatic heterocycles. The molecule has 0 spiro atoms. The lowest BCUT2D eigenvalue weighted by Gasteiger charge is -2.38. The molecule has 0 amide bonds. The smallest absolute Gasteiger partial charge is 0.159 e. The van der Waals surface area contributed by atoms with Gasteiger partial charge in [0.15, 0.2) is 5.82 Å². The minimum atomic E-state index is -0.153. The van der Waals surface area contributed by atoms with Crippen molar-refractivity contribution in [2.24, 2.45) is 0 Å². The van der Waals surface area contributed by atoms with Crippen molar-refractivity contribution in [3.05, 3.63) is 52.5 Å². The van der Waals surface area contributed by atoms with Crippen LogP contribution in [-0.4, -0.2) is 35.1 Å². The van der Waals surface area contributed by atoms with Crippen molar-refractivity contribution in [3.63, 3.8) is 0 Å². The fourth-order valence-corrected chi connectivity index (χ4v) is 3.68. The van der Waals surface area contributed by atoms with E-state index in [0.29, 0.717) is 0 Å². The van der Waals surface area contributed by atoms with Crippen LogP contribution in [0.15, 0.2) is 36.4 Å². The zero-order chi connectivity index (χ0) is 18.1. The molecular weight excluding hydrogens is 322 g/mol. The number of ether oxygens (including phenoxy) is 1. The van der Waals surface area contributed by atoms with Crippen LogP contribution in [0.5, 0.6) is 0 Å². The van der Waals surface area contributed by atoms with Crippen molar-refractivity contribution in [1.82, 2.24) is 9.78 Å². The standard InChI is InChI=1S/C22H27N3O/c1-17-10-12-18(13-11-17)25-20-9-7-5-4-6-8-19(20)21(23-25)24-14-15-26-22(2,3)16-24/h4,6,8-13H,5,7,14-16H2,1-3H3/b6-4+,19-8+,20-9+. The largest absolute Gasteiger partial charge is 0.372 e. The highest BCUT2D eigenvalue weighted by atomic mass is 16.5. The van der Waals surface area contributed by atoms with E-state index in [0.717, 1.165) is 44.0 Å². The molecule has 1 fully saturated rings. The fraction of sp³-hybridized carbons (Fsp3) is 0.409. The summed E-state index contributed by atoms with van der Waals surface area (Å²) in [5.41, 5.74) is 2.22. The number of benzene rings is 1. The number of morpholine rings is 1. The summed E-state index contributed by atoms with van der Waals surface area (Å²) in [5.74, 6) is 1.06. The van der Waals surface area contributed by atoms with E-state index in [1.54, 1.807) is 0 Å². The summed E-state index contributed by atoms with van der Waals surface area (Å²) in [4.78, 5) is 2.37. The second-order valence-corrected chi connectivity index (χ2v) is 7.78. The maximum atomic E-state index is 5.90. The van der Waals surface area contributed by atoms with Gasteiger partial charge in [-0.1, -0.05) is 35.9 Å². The average molecular weight is 349 g/mol. The van der Waals surface area contributed by atoms with Crippen molar-refractivity contribution in [1.29, 1.82) is 0 Å². The van der Waals surface area contributed by atoms with E-state index < -0.39 is 0 Å². The third-order valence-electron chi connectivity index (χ3n) is 5.01. The molecule has 4 rings (SSSR count). The molecule has 1 aliphatic carbocycles. The number of rotatable bonds is 2. The molecule has 1 aromatic carbocycles. The number of hydrogen-bond donors (Lipinski definition) is 0. The third-order valence-corrected chi connectivity index (χ3v) is 5.01. The van der Waals surface area contributed by atoms with Crippen LogP contribution in [0.25, 0.3) is 17.8 Å². The number of aromatic nitrogens is 2. The van der Waals surface area contributed by atoms with Crippen LogP contribution in [0.1, 0.15) is 32.3 Å². The summed E-state index contributed by atoms with van der Waals surface area (Å²) in [6.45, 7) is 8.87. The summed E-state index contributed by atoms with van der Waals surface area (Å²) in [5, 5.41) is 7.45. The maximum absolute atomic E-state index is 5.90. The Kier molecular flexibility index (Phi) is 4.45. The van der Waals surface area contributed by atoms with Gasteiger partial charge in [0.25, 0.3) is 0 Å². The molecule has 2 aromatic rings. The van der Waals surface area contributed by atoms with Crippen LogP contribution in [-0.2, 0) is 4.74 Å². The molecule has 1 saturated heterocycles. The first-order valence-corrected chi connectivity index (χ1v) is 9.46. The van der Waals surface area contributed by atoms with Gasteiger partial charge in [-0.05, 0) is 51.8 Å². The van der Waals surface area contributed by atoms with E-state index in [-0.39, 0.29) is 5.60 Å². The molecule has 2 aliphatic rings. The van der Waals surface area contributed by atoms with Crippen LogP contribution in [0.3, 0.4) is 0 Å². The van der Waals surface area contributed by atoms with Crippen LogP contribution >= 0.6 is 0 Å². The molecule has 136 valence electrons. The van der Waals surface area contributed by atoms with Gasteiger partial charge in [0.1, 0.15) is 0 Å². The summed E-state index contributed by atoms with van der Waals surface area (Å²) < 4.78 is 8.00. The molecule has 1 aliphatic heterocycles. The van der Waals surface area contributed by atoms with Crippen molar-refractivity contribution in [2.75, 3.05) is 24.6 Å². The Morgan fingerprint density at radius 3 is 2.69 bits per heavy atom. The number of allylic oxidation sites excluding steroid dienone is 2. The van der Waals surface area contributed by atoms with Gasteiger partial charge in [0, 0.05) is 18.3 Å². The van der Waals surface area contributed by atoms with E-state index in [4.69, 9.17) is 9.84 Å². The second-order valence-electron chi connectivity index (χ2n) is 7.78. The number of aryl methyl sites for hydroxylation is 1. The highest BCUT2D eigenvalue weighted by Gasteiger charge is 2.29. The van der Waals surface area contributed by atoms with Crippen molar-refractivity contribution >= 4 is 18.0 Å². The Morgan fingerprint density at radius 1 is 1.12 bits per heavy atom. The Morgan fingerprint density at radius 2 is 1.92 bits per heavy atom. The monoisotopic (exact) mass is 349 g/mol. The predicted molar refractivity (Wildman–Crippen MR) is 107 cm³/mol. The zero-order valence-corrected chi connectivity index (χ0v) is 15.9. The molecule has 0 N–H and O–H groups in total. The molecular formula is C22H27N3O. The second kappa shape index (κ2) is 6.76. The average Bonchev–Trinajstić information content (AvgIpc) is 2.92. The lowest BCUT2D eigenvalue weighted by Crippen LogP contribution is -2.50. The van der Waals surface area contributed by atoms with Gasteiger partial charge in [-0.2, -0.15) is 0 Å². The first-order chi connectivity index (χ1) is 12.5. The SMILES string of the molecule is Cc1ccc(-n2nc(N3CCOC(C)(C)C3)c3/c2=C\CC\C=C\C=3)cc1. The molecule has 2 heterocycles. The Balaban J connectivity index is 1.89. The van der Waals surface area contributed by atoms with Crippen molar-refractivity contribution in [2.45, 2.75) is 39.2 Å². The summed E-state index contributed by atoms with van der Waals surface area (Å²) >= 11 is 0. The van der Waals surface area contributed by atoms with Gasteiger partial charge >= 0.3 is 0 Å². The van der Waals surface area contributed by atoms with E-state index >= 15 is 0 Å². The molecule has 0 unspecified atom stereocenters. The summed E-state index contributed by atoms with van der Waals surface area (Å²) in [7, 11) is 0. The number of fused-ring (bicyclic) bond motifs is 1. The van der Waals surface area contributed by atoms with Crippen LogP contribution in [0, 0.1) is 6.92 Å². The predicted octanol–water partition coefficient (Wildman–Crippen LogP) is 2.71. The molecule has 26 heavy (non-hydrogen) atoms. The molecule has 4 nitrogen and oxygen atoms in total. The van der Waals surface area contributed by atoms with Gasteiger partial charge in [-0.3, -0.25) is 0 Å². The first kappa shape index (κ1) is 17.1. The van der Waals surface area contributed by atoms with E-state index in [1.165, 1.54) is 16.1 Å². The molecule has 0 bridgehead atoms. The minimum absolute atomic E-state index is 0.153. The van der Waals surface area contributed by atoms with E-state index in [2.05, 4.69) is 78.9 Å². The zero-order valence-electron chi connectivity index (χ0n) is 15.9. The maximum Gasteiger partial charge on any atom is 0.159 e. The Labute approximate surface area is 155 Å². The molecule has 0 radical (unpaired) electrons. The topological polar surface area (TPSA) is 30.3 Å². The lowest BCUT2D eigenvalue weighted by atomic mass is 10.1. The van der Waals surface area contributed by atoms with Gasteiger partial charge in [-0.15, -0.1) is 5.10 Å². The molecule has 0 saturated carbocycles. The highest BCUT2D eigenvalue weighted by molar-refractivity contribution is 5.54. The van der Waals surface area contributed by atoms with Gasteiger partial charge in [0.05, 0.1) is 23.2 Å². The third kappa shape index (κ3) is 3.34. The van der Waals surface area contributed by atoms with E-state index in [1.807, 2.05) is 0 Å².